The van der Waals surface area contributed by atoms with Crippen LogP contribution in [-0.2, 0) is 17.7 Å². The first-order valence-corrected chi connectivity index (χ1v) is 5.39. The van der Waals surface area contributed by atoms with Crippen LogP contribution in [0.1, 0.15) is 31.0 Å². The SMILES string of the molecule is COCC(N)c1nnc2n1CCC(C)C2. The Morgan fingerprint density at radius 2 is 2.40 bits per heavy atom. The van der Waals surface area contributed by atoms with Gasteiger partial charge in [0.05, 0.1) is 12.6 Å². The number of ether oxygens (including phenoxy) is 1. The van der Waals surface area contributed by atoms with Gasteiger partial charge in [0, 0.05) is 20.1 Å². The van der Waals surface area contributed by atoms with E-state index in [2.05, 4.69) is 21.7 Å². The Hall–Kier alpha value is -0.940. The van der Waals surface area contributed by atoms with Crippen molar-refractivity contribution in [3.8, 4) is 0 Å². The molecule has 84 valence electrons. The fraction of sp³-hybridized carbons (Fsp3) is 0.800. The Morgan fingerprint density at radius 3 is 3.13 bits per heavy atom. The van der Waals surface area contributed by atoms with Crippen LogP contribution in [0.4, 0.5) is 0 Å². The van der Waals surface area contributed by atoms with Crippen LogP contribution in [0.15, 0.2) is 0 Å². The Balaban J connectivity index is 2.20. The maximum absolute atomic E-state index is 5.96. The molecule has 0 fully saturated rings. The zero-order valence-corrected chi connectivity index (χ0v) is 9.31. The van der Waals surface area contributed by atoms with Gasteiger partial charge in [-0.25, -0.2) is 0 Å². The van der Waals surface area contributed by atoms with Crippen molar-refractivity contribution in [3.63, 3.8) is 0 Å². The van der Waals surface area contributed by atoms with Gasteiger partial charge in [-0.15, -0.1) is 10.2 Å². The van der Waals surface area contributed by atoms with Crippen molar-refractivity contribution in [3.05, 3.63) is 11.6 Å². The van der Waals surface area contributed by atoms with Gasteiger partial charge in [0.1, 0.15) is 5.82 Å². The van der Waals surface area contributed by atoms with Crippen molar-refractivity contribution in [2.75, 3.05) is 13.7 Å². The number of nitrogens with two attached hydrogens (primary N) is 1. The predicted octanol–water partition coefficient (Wildman–Crippen LogP) is 0.507. The second-order valence-corrected chi connectivity index (χ2v) is 4.29. The van der Waals surface area contributed by atoms with E-state index in [1.807, 2.05) is 0 Å². The lowest BCUT2D eigenvalue weighted by atomic mass is 10.0. The van der Waals surface area contributed by atoms with Gasteiger partial charge in [-0.05, 0) is 12.3 Å². The van der Waals surface area contributed by atoms with Crippen molar-refractivity contribution < 1.29 is 4.74 Å². The number of rotatable bonds is 3. The molecule has 0 aliphatic carbocycles. The lowest BCUT2D eigenvalue weighted by Crippen LogP contribution is -2.25. The van der Waals surface area contributed by atoms with Crippen LogP contribution in [0.25, 0.3) is 0 Å². The molecule has 0 saturated carbocycles. The first-order valence-electron chi connectivity index (χ1n) is 5.39. The van der Waals surface area contributed by atoms with Gasteiger partial charge >= 0.3 is 0 Å². The third-order valence-electron chi connectivity index (χ3n) is 2.91. The average molecular weight is 210 g/mol. The summed E-state index contributed by atoms with van der Waals surface area (Å²) in [6, 6.07) is -0.162. The molecular weight excluding hydrogens is 192 g/mol. The maximum Gasteiger partial charge on any atom is 0.152 e. The van der Waals surface area contributed by atoms with E-state index in [1.54, 1.807) is 7.11 Å². The monoisotopic (exact) mass is 210 g/mol. The first-order chi connectivity index (χ1) is 7.22. The zero-order chi connectivity index (χ0) is 10.8. The topological polar surface area (TPSA) is 66.0 Å². The minimum Gasteiger partial charge on any atom is -0.383 e. The molecular formula is C10H18N4O. The largest absolute Gasteiger partial charge is 0.383 e. The summed E-state index contributed by atoms with van der Waals surface area (Å²) in [6.07, 6.45) is 2.18. The van der Waals surface area contributed by atoms with Crippen molar-refractivity contribution in [1.29, 1.82) is 0 Å². The fourth-order valence-electron chi connectivity index (χ4n) is 2.04. The molecule has 0 aromatic carbocycles. The summed E-state index contributed by atoms with van der Waals surface area (Å²) in [7, 11) is 1.65. The van der Waals surface area contributed by atoms with E-state index in [4.69, 9.17) is 10.5 Å². The number of nitrogens with zero attached hydrogens (tertiary/aromatic N) is 3. The van der Waals surface area contributed by atoms with Crippen LogP contribution in [0.5, 0.6) is 0 Å². The lowest BCUT2D eigenvalue weighted by molar-refractivity contribution is 0.176. The second kappa shape index (κ2) is 4.28. The molecule has 5 nitrogen and oxygen atoms in total. The van der Waals surface area contributed by atoms with Crippen LogP contribution in [0, 0.1) is 5.92 Å². The smallest absolute Gasteiger partial charge is 0.152 e. The Morgan fingerprint density at radius 1 is 1.60 bits per heavy atom. The molecule has 2 unspecified atom stereocenters. The van der Waals surface area contributed by atoms with E-state index in [9.17, 15) is 0 Å². The van der Waals surface area contributed by atoms with Crippen LogP contribution in [0.3, 0.4) is 0 Å². The standard InChI is InChI=1S/C10H18N4O/c1-7-3-4-14-9(5-7)12-13-10(14)8(11)6-15-2/h7-8H,3-6,11H2,1-2H3. The summed E-state index contributed by atoms with van der Waals surface area (Å²) in [4.78, 5) is 0. The van der Waals surface area contributed by atoms with E-state index >= 15 is 0 Å². The summed E-state index contributed by atoms with van der Waals surface area (Å²) in [5.74, 6) is 2.63. The minimum atomic E-state index is -0.162. The number of aromatic nitrogens is 3. The van der Waals surface area contributed by atoms with E-state index in [0.29, 0.717) is 12.5 Å². The molecule has 2 N–H and O–H groups in total. The molecule has 1 aliphatic heterocycles. The number of hydrogen-bond acceptors (Lipinski definition) is 4. The van der Waals surface area contributed by atoms with Gasteiger partial charge in [0.25, 0.3) is 0 Å². The van der Waals surface area contributed by atoms with E-state index < -0.39 is 0 Å². The summed E-state index contributed by atoms with van der Waals surface area (Å²) < 4.78 is 7.18. The van der Waals surface area contributed by atoms with Gasteiger partial charge < -0.3 is 15.0 Å². The van der Waals surface area contributed by atoms with Gasteiger partial charge in [-0.1, -0.05) is 6.92 Å². The predicted molar refractivity (Wildman–Crippen MR) is 56.3 cm³/mol. The van der Waals surface area contributed by atoms with Crippen LogP contribution >= 0.6 is 0 Å². The normalized spacial score (nSPS) is 22.5. The van der Waals surface area contributed by atoms with Gasteiger partial charge in [0.15, 0.2) is 5.82 Å². The molecule has 1 aromatic heterocycles. The van der Waals surface area contributed by atoms with Crippen molar-refractivity contribution >= 4 is 0 Å². The fourth-order valence-corrected chi connectivity index (χ4v) is 2.04. The third kappa shape index (κ3) is 2.03. The highest BCUT2D eigenvalue weighted by Crippen LogP contribution is 2.21. The molecule has 0 bridgehead atoms. The maximum atomic E-state index is 5.96. The molecule has 2 rings (SSSR count). The zero-order valence-electron chi connectivity index (χ0n) is 9.31. The van der Waals surface area contributed by atoms with Gasteiger partial charge in [-0.3, -0.25) is 0 Å². The molecule has 15 heavy (non-hydrogen) atoms. The molecule has 0 saturated heterocycles. The Labute approximate surface area is 89.6 Å². The second-order valence-electron chi connectivity index (χ2n) is 4.29. The van der Waals surface area contributed by atoms with E-state index in [0.717, 1.165) is 24.6 Å². The molecule has 2 atom stereocenters. The number of methoxy groups -OCH3 is 1. The Bertz CT molecular complexity index is 336. The Kier molecular flexibility index (Phi) is 3.02. The van der Waals surface area contributed by atoms with E-state index in [1.165, 1.54) is 6.42 Å². The molecule has 0 radical (unpaired) electrons. The highest BCUT2D eigenvalue weighted by Gasteiger charge is 2.22. The van der Waals surface area contributed by atoms with Crippen LogP contribution < -0.4 is 5.73 Å². The third-order valence-corrected chi connectivity index (χ3v) is 2.91. The summed E-state index contributed by atoms with van der Waals surface area (Å²) in [5, 5.41) is 8.35. The summed E-state index contributed by atoms with van der Waals surface area (Å²) in [5.41, 5.74) is 5.96. The highest BCUT2D eigenvalue weighted by molar-refractivity contribution is 5.03. The molecule has 5 heteroatoms. The summed E-state index contributed by atoms with van der Waals surface area (Å²) >= 11 is 0. The average Bonchev–Trinajstić information content (AvgIpc) is 2.60. The van der Waals surface area contributed by atoms with Crippen LogP contribution in [-0.4, -0.2) is 28.5 Å². The van der Waals surface area contributed by atoms with Crippen molar-refractivity contribution in [2.45, 2.75) is 32.4 Å². The van der Waals surface area contributed by atoms with Crippen LogP contribution in [0.2, 0.25) is 0 Å². The summed E-state index contributed by atoms with van der Waals surface area (Å²) in [6.45, 7) is 3.72. The highest BCUT2D eigenvalue weighted by atomic mass is 16.5. The molecule has 2 heterocycles. The van der Waals surface area contributed by atoms with Crippen molar-refractivity contribution in [2.24, 2.45) is 11.7 Å². The minimum absolute atomic E-state index is 0.162. The van der Waals surface area contributed by atoms with Crippen molar-refractivity contribution in [1.82, 2.24) is 14.8 Å². The molecule has 0 amide bonds. The van der Waals surface area contributed by atoms with Gasteiger partial charge in [-0.2, -0.15) is 0 Å². The number of fused-ring (bicyclic) bond motifs is 1. The molecule has 1 aliphatic rings. The quantitative estimate of drug-likeness (QED) is 0.789. The lowest BCUT2D eigenvalue weighted by Gasteiger charge is -2.21. The number of hydrogen-bond donors (Lipinski definition) is 1. The van der Waals surface area contributed by atoms with Gasteiger partial charge in [0.2, 0.25) is 0 Å². The van der Waals surface area contributed by atoms with E-state index in [-0.39, 0.29) is 6.04 Å². The molecule has 1 aromatic rings. The first kappa shape index (κ1) is 10.6. The molecule has 0 spiro atoms.